The third-order valence-corrected chi connectivity index (χ3v) is 6.54. The van der Waals surface area contributed by atoms with Gasteiger partial charge in [-0.25, -0.2) is 0 Å². The first-order valence-corrected chi connectivity index (χ1v) is 11.0. The molecular weight excluding hydrogens is 350 g/mol. The molecule has 0 spiro atoms. The minimum atomic E-state index is 0.0564. The zero-order valence-corrected chi connectivity index (χ0v) is 17.1. The first-order chi connectivity index (χ1) is 13.6. The van der Waals surface area contributed by atoms with E-state index in [9.17, 15) is 9.59 Å². The second kappa shape index (κ2) is 8.54. The van der Waals surface area contributed by atoms with E-state index in [0.29, 0.717) is 12.5 Å². The molecule has 3 aliphatic rings. The van der Waals surface area contributed by atoms with Gasteiger partial charge in [0, 0.05) is 57.3 Å². The third-order valence-electron chi connectivity index (χ3n) is 6.54. The van der Waals surface area contributed by atoms with Crippen LogP contribution in [0.4, 0.5) is 5.69 Å². The standard InChI is InChI=1S/C23H33N3O2/c1-24(17-18-5-9-21(10-6-18)25-13-3-2-4-14-25)22(27)20-11-15-26(16-12-20)23(28)19-7-8-19/h5-6,9-10,19-20H,2-4,7-8,11-17H2,1H3. The van der Waals surface area contributed by atoms with E-state index in [4.69, 9.17) is 0 Å². The number of amides is 2. The van der Waals surface area contributed by atoms with Crippen LogP contribution >= 0.6 is 0 Å². The molecule has 1 aromatic carbocycles. The van der Waals surface area contributed by atoms with Crippen molar-refractivity contribution in [2.75, 3.05) is 38.1 Å². The van der Waals surface area contributed by atoms with Crippen LogP contribution in [-0.4, -0.2) is 54.8 Å². The summed E-state index contributed by atoms with van der Waals surface area (Å²) >= 11 is 0. The highest BCUT2D eigenvalue weighted by Crippen LogP contribution is 2.32. The van der Waals surface area contributed by atoms with Crippen molar-refractivity contribution in [3.8, 4) is 0 Å². The number of hydrogen-bond donors (Lipinski definition) is 0. The average Bonchev–Trinajstić information content (AvgIpc) is 3.59. The highest BCUT2D eigenvalue weighted by Gasteiger charge is 2.36. The maximum Gasteiger partial charge on any atom is 0.225 e. The number of rotatable bonds is 5. The van der Waals surface area contributed by atoms with Crippen molar-refractivity contribution in [1.29, 1.82) is 0 Å². The van der Waals surface area contributed by atoms with E-state index < -0.39 is 0 Å². The molecule has 2 amide bonds. The van der Waals surface area contributed by atoms with E-state index in [0.717, 1.165) is 51.9 Å². The molecule has 0 N–H and O–H groups in total. The second-order valence-corrected chi connectivity index (χ2v) is 8.78. The summed E-state index contributed by atoms with van der Waals surface area (Å²) in [7, 11) is 1.91. The zero-order valence-electron chi connectivity index (χ0n) is 17.1. The summed E-state index contributed by atoms with van der Waals surface area (Å²) in [6.07, 6.45) is 7.61. The average molecular weight is 384 g/mol. The number of benzene rings is 1. The molecule has 5 nitrogen and oxygen atoms in total. The van der Waals surface area contributed by atoms with Crippen LogP contribution in [-0.2, 0) is 16.1 Å². The summed E-state index contributed by atoms with van der Waals surface area (Å²) in [5.74, 6) is 0.871. The SMILES string of the molecule is CN(Cc1ccc(N2CCCCC2)cc1)C(=O)C1CCN(C(=O)C2CC2)CC1. The molecule has 1 saturated carbocycles. The molecule has 2 aliphatic heterocycles. The molecule has 0 atom stereocenters. The van der Waals surface area contributed by atoms with Gasteiger partial charge in [0.1, 0.15) is 0 Å². The van der Waals surface area contributed by atoms with Gasteiger partial charge < -0.3 is 14.7 Å². The Bertz CT molecular complexity index is 684. The number of carbonyl (C=O) groups excluding carboxylic acids is 2. The van der Waals surface area contributed by atoms with Gasteiger partial charge in [-0.1, -0.05) is 12.1 Å². The highest BCUT2D eigenvalue weighted by atomic mass is 16.2. The molecule has 0 bridgehead atoms. The summed E-state index contributed by atoms with van der Waals surface area (Å²) in [6.45, 7) is 4.44. The van der Waals surface area contributed by atoms with Gasteiger partial charge in [0.15, 0.2) is 0 Å². The van der Waals surface area contributed by atoms with Crippen molar-refractivity contribution in [3.63, 3.8) is 0 Å². The molecule has 0 unspecified atom stereocenters. The molecule has 0 aromatic heterocycles. The minimum absolute atomic E-state index is 0.0564. The summed E-state index contributed by atoms with van der Waals surface area (Å²) in [5.41, 5.74) is 2.48. The number of piperidine rings is 2. The largest absolute Gasteiger partial charge is 0.372 e. The van der Waals surface area contributed by atoms with Crippen LogP contribution in [0, 0.1) is 11.8 Å². The van der Waals surface area contributed by atoms with E-state index in [2.05, 4.69) is 29.2 Å². The van der Waals surface area contributed by atoms with Crippen LogP contribution < -0.4 is 4.90 Å². The lowest BCUT2D eigenvalue weighted by Crippen LogP contribution is -2.43. The fraction of sp³-hybridized carbons (Fsp3) is 0.652. The summed E-state index contributed by atoms with van der Waals surface area (Å²) in [4.78, 5) is 31.3. The number of hydrogen-bond acceptors (Lipinski definition) is 3. The fourth-order valence-corrected chi connectivity index (χ4v) is 4.56. The van der Waals surface area contributed by atoms with Crippen molar-refractivity contribution in [1.82, 2.24) is 9.80 Å². The van der Waals surface area contributed by atoms with Crippen LogP contribution in [0.15, 0.2) is 24.3 Å². The molecule has 2 saturated heterocycles. The first-order valence-electron chi connectivity index (χ1n) is 11.0. The van der Waals surface area contributed by atoms with E-state index in [-0.39, 0.29) is 17.7 Å². The van der Waals surface area contributed by atoms with Gasteiger partial charge in [0.25, 0.3) is 0 Å². The Labute approximate surface area is 168 Å². The van der Waals surface area contributed by atoms with Crippen molar-refractivity contribution >= 4 is 17.5 Å². The predicted molar refractivity (Wildman–Crippen MR) is 111 cm³/mol. The van der Waals surface area contributed by atoms with E-state index in [1.54, 1.807) is 0 Å². The molecule has 2 heterocycles. The van der Waals surface area contributed by atoms with Crippen LogP contribution in [0.25, 0.3) is 0 Å². The molecule has 1 aromatic rings. The van der Waals surface area contributed by atoms with Gasteiger partial charge in [0.2, 0.25) is 11.8 Å². The van der Waals surface area contributed by atoms with Crippen LogP contribution in [0.3, 0.4) is 0 Å². The molecule has 4 rings (SSSR count). The van der Waals surface area contributed by atoms with Gasteiger partial charge in [-0.05, 0) is 62.6 Å². The quantitative estimate of drug-likeness (QED) is 0.784. The number of likely N-dealkylation sites (tertiary alicyclic amines) is 1. The Hall–Kier alpha value is -2.04. The first kappa shape index (κ1) is 19.3. The molecule has 0 radical (unpaired) electrons. The lowest BCUT2D eigenvalue weighted by atomic mass is 9.95. The predicted octanol–water partition coefficient (Wildman–Crippen LogP) is 3.28. The number of carbonyl (C=O) groups is 2. The van der Waals surface area contributed by atoms with E-state index in [1.165, 1.54) is 30.5 Å². The molecule has 152 valence electrons. The summed E-state index contributed by atoms with van der Waals surface area (Å²) < 4.78 is 0. The van der Waals surface area contributed by atoms with Gasteiger partial charge in [0.05, 0.1) is 0 Å². The topological polar surface area (TPSA) is 43.9 Å². The Morgan fingerprint density at radius 3 is 2.14 bits per heavy atom. The van der Waals surface area contributed by atoms with Gasteiger partial charge in [-0.2, -0.15) is 0 Å². The van der Waals surface area contributed by atoms with Crippen molar-refractivity contribution < 1.29 is 9.59 Å². The molecular formula is C23H33N3O2. The molecule has 28 heavy (non-hydrogen) atoms. The lowest BCUT2D eigenvalue weighted by Gasteiger charge is -2.33. The Morgan fingerprint density at radius 2 is 1.54 bits per heavy atom. The Kier molecular flexibility index (Phi) is 5.88. The fourth-order valence-electron chi connectivity index (χ4n) is 4.56. The normalized spacial score (nSPS) is 20.9. The Morgan fingerprint density at radius 1 is 0.893 bits per heavy atom. The van der Waals surface area contributed by atoms with Crippen molar-refractivity contribution in [3.05, 3.63) is 29.8 Å². The molecule has 1 aliphatic carbocycles. The van der Waals surface area contributed by atoms with Crippen LogP contribution in [0.5, 0.6) is 0 Å². The van der Waals surface area contributed by atoms with Crippen LogP contribution in [0.2, 0.25) is 0 Å². The second-order valence-electron chi connectivity index (χ2n) is 8.78. The van der Waals surface area contributed by atoms with E-state index >= 15 is 0 Å². The lowest BCUT2D eigenvalue weighted by molar-refractivity contribution is -0.140. The molecule has 5 heteroatoms. The third kappa shape index (κ3) is 4.50. The van der Waals surface area contributed by atoms with Gasteiger partial charge in [-0.3, -0.25) is 9.59 Å². The smallest absolute Gasteiger partial charge is 0.225 e. The van der Waals surface area contributed by atoms with Crippen LogP contribution in [0.1, 0.15) is 50.5 Å². The molecule has 3 fully saturated rings. The maximum atomic E-state index is 12.9. The highest BCUT2D eigenvalue weighted by molar-refractivity contribution is 5.82. The van der Waals surface area contributed by atoms with Crippen molar-refractivity contribution in [2.45, 2.75) is 51.5 Å². The maximum absolute atomic E-state index is 12.9. The summed E-state index contributed by atoms with van der Waals surface area (Å²) in [6, 6.07) is 8.71. The zero-order chi connectivity index (χ0) is 19.5. The van der Waals surface area contributed by atoms with Gasteiger partial charge >= 0.3 is 0 Å². The van der Waals surface area contributed by atoms with E-state index in [1.807, 2.05) is 16.8 Å². The summed E-state index contributed by atoms with van der Waals surface area (Å²) in [5, 5.41) is 0. The monoisotopic (exact) mass is 383 g/mol. The minimum Gasteiger partial charge on any atom is -0.372 e. The van der Waals surface area contributed by atoms with Crippen molar-refractivity contribution in [2.24, 2.45) is 11.8 Å². The Balaban J connectivity index is 1.26. The number of nitrogens with zero attached hydrogens (tertiary/aromatic N) is 3. The number of anilines is 1. The van der Waals surface area contributed by atoms with Gasteiger partial charge in [-0.15, -0.1) is 0 Å².